The molecule has 1 heterocycles. The van der Waals surface area contributed by atoms with E-state index in [0.717, 1.165) is 25.0 Å². The second kappa shape index (κ2) is 9.91. The Morgan fingerprint density at radius 3 is 2.57 bits per heavy atom. The molecule has 158 valence electrons. The third-order valence-corrected chi connectivity index (χ3v) is 4.85. The van der Waals surface area contributed by atoms with Gasteiger partial charge in [-0.1, -0.05) is 19.8 Å². The number of oxazole rings is 1. The highest BCUT2D eigenvalue weighted by Crippen LogP contribution is 2.19. The van der Waals surface area contributed by atoms with Gasteiger partial charge in [0.1, 0.15) is 5.75 Å². The number of unbranched alkanes of at least 4 members (excludes halogenated alkanes) is 2. The summed E-state index contributed by atoms with van der Waals surface area (Å²) < 4.78 is 12.1. The van der Waals surface area contributed by atoms with Crippen LogP contribution in [-0.4, -0.2) is 22.9 Å². The smallest absolute Gasteiger partial charge is 0.419 e. The molecule has 1 N–H and O–H groups in total. The van der Waals surface area contributed by atoms with Gasteiger partial charge < -0.3 is 14.5 Å². The highest BCUT2D eigenvalue weighted by Gasteiger charge is 2.12. The Labute approximate surface area is 174 Å². The second-order valence-electron chi connectivity index (χ2n) is 7.16. The van der Waals surface area contributed by atoms with Gasteiger partial charge in [-0.15, -0.1) is 0 Å². The van der Waals surface area contributed by atoms with E-state index in [1.54, 1.807) is 49.5 Å². The Kier molecular flexibility index (Phi) is 7.06. The number of Topliss-reactive ketones (excluding diaryl/α,β-unsaturated/α-hetero) is 1. The van der Waals surface area contributed by atoms with Crippen LogP contribution in [0.4, 0.5) is 5.69 Å². The topological polar surface area (TPSA) is 90.5 Å². The first-order chi connectivity index (χ1) is 14.5. The average molecular weight is 410 g/mol. The molecular formula is C23H26N2O5. The van der Waals surface area contributed by atoms with Gasteiger partial charge in [-0.25, -0.2) is 4.79 Å². The van der Waals surface area contributed by atoms with Crippen molar-refractivity contribution in [2.24, 2.45) is 7.05 Å². The van der Waals surface area contributed by atoms with E-state index in [-0.39, 0.29) is 24.5 Å². The molecule has 0 fully saturated rings. The number of amides is 1. The predicted octanol–water partition coefficient (Wildman–Crippen LogP) is 4.30. The molecule has 7 heteroatoms. The Morgan fingerprint density at radius 1 is 1.07 bits per heavy atom. The number of carbonyl (C=O) groups is 2. The maximum absolute atomic E-state index is 12.4. The number of rotatable bonds is 10. The summed E-state index contributed by atoms with van der Waals surface area (Å²) in [7, 11) is 1.61. The van der Waals surface area contributed by atoms with Gasteiger partial charge in [0.05, 0.1) is 12.1 Å². The van der Waals surface area contributed by atoms with Crippen LogP contribution < -0.4 is 15.8 Å². The van der Waals surface area contributed by atoms with Crippen LogP contribution in [0.2, 0.25) is 0 Å². The molecule has 1 amide bonds. The fraction of sp³-hybridized carbons (Fsp3) is 0.348. The third kappa shape index (κ3) is 5.37. The fourth-order valence-electron chi connectivity index (χ4n) is 3.09. The third-order valence-electron chi connectivity index (χ3n) is 4.85. The van der Waals surface area contributed by atoms with Crippen LogP contribution in [-0.2, 0) is 11.8 Å². The molecule has 30 heavy (non-hydrogen) atoms. The molecule has 1 aromatic heterocycles. The van der Waals surface area contributed by atoms with E-state index in [9.17, 15) is 14.4 Å². The Balaban J connectivity index is 1.49. The maximum Gasteiger partial charge on any atom is 0.419 e. The second-order valence-corrected chi connectivity index (χ2v) is 7.16. The summed E-state index contributed by atoms with van der Waals surface area (Å²) in [6, 6.07) is 12.0. The number of fused-ring (bicyclic) bond motifs is 1. The van der Waals surface area contributed by atoms with Crippen molar-refractivity contribution >= 4 is 28.5 Å². The monoisotopic (exact) mass is 410 g/mol. The van der Waals surface area contributed by atoms with Crippen molar-refractivity contribution in [2.75, 3.05) is 11.9 Å². The lowest BCUT2D eigenvalue weighted by atomic mass is 10.1. The highest BCUT2D eigenvalue weighted by atomic mass is 16.5. The Morgan fingerprint density at radius 2 is 1.83 bits per heavy atom. The van der Waals surface area contributed by atoms with Gasteiger partial charge in [-0.2, -0.15) is 0 Å². The number of nitrogens with zero attached hydrogens (tertiary/aromatic N) is 1. The van der Waals surface area contributed by atoms with Crippen molar-refractivity contribution in [1.82, 2.24) is 4.57 Å². The SMILES string of the molecule is CCCCCOc1ccc(C(=O)CCC(=O)Nc2ccc3c(c2)oc(=O)n3C)cc1. The molecule has 2 aromatic carbocycles. The van der Waals surface area contributed by atoms with Crippen molar-refractivity contribution in [2.45, 2.75) is 39.0 Å². The van der Waals surface area contributed by atoms with Crippen LogP contribution in [0.1, 0.15) is 49.4 Å². The molecule has 0 aliphatic heterocycles. The maximum atomic E-state index is 12.4. The summed E-state index contributed by atoms with van der Waals surface area (Å²) >= 11 is 0. The molecule has 0 unspecified atom stereocenters. The summed E-state index contributed by atoms with van der Waals surface area (Å²) in [6.45, 7) is 2.81. The van der Waals surface area contributed by atoms with Crippen LogP contribution in [0.3, 0.4) is 0 Å². The van der Waals surface area contributed by atoms with E-state index >= 15 is 0 Å². The predicted molar refractivity (Wildman–Crippen MR) is 115 cm³/mol. The lowest BCUT2D eigenvalue weighted by Gasteiger charge is -2.07. The molecule has 7 nitrogen and oxygen atoms in total. The molecule has 0 bridgehead atoms. The van der Waals surface area contributed by atoms with E-state index in [1.165, 1.54) is 4.57 Å². The number of anilines is 1. The van der Waals surface area contributed by atoms with Crippen molar-refractivity contribution in [3.8, 4) is 5.75 Å². The first-order valence-electron chi connectivity index (χ1n) is 10.1. The van der Waals surface area contributed by atoms with E-state index in [0.29, 0.717) is 29.0 Å². The largest absolute Gasteiger partial charge is 0.494 e. The number of carbonyl (C=O) groups excluding carboxylic acids is 2. The summed E-state index contributed by atoms with van der Waals surface area (Å²) in [4.78, 5) is 36.1. The minimum atomic E-state index is -0.462. The lowest BCUT2D eigenvalue weighted by Crippen LogP contribution is -2.13. The number of ketones is 1. The first kappa shape index (κ1) is 21.4. The van der Waals surface area contributed by atoms with E-state index in [4.69, 9.17) is 9.15 Å². The number of aryl methyl sites for hydroxylation is 1. The number of hydrogen-bond donors (Lipinski definition) is 1. The van der Waals surface area contributed by atoms with Crippen molar-refractivity contribution < 1.29 is 18.7 Å². The van der Waals surface area contributed by atoms with Gasteiger partial charge in [-0.3, -0.25) is 14.2 Å². The van der Waals surface area contributed by atoms with Crippen LogP contribution in [0.25, 0.3) is 11.1 Å². The summed E-state index contributed by atoms with van der Waals surface area (Å²) in [5, 5.41) is 2.73. The van der Waals surface area contributed by atoms with Crippen molar-refractivity contribution in [1.29, 1.82) is 0 Å². The number of aromatic nitrogens is 1. The summed E-state index contributed by atoms with van der Waals surface area (Å²) in [5.41, 5.74) is 2.11. The molecule has 3 aromatic rings. The minimum Gasteiger partial charge on any atom is -0.494 e. The standard InChI is InChI=1S/C23H26N2O5/c1-3-4-5-14-29-18-9-6-16(7-10-18)20(26)12-13-22(27)24-17-8-11-19-21(15-17)30-23(28)25(19)2/h6-11,15H,3-5,12-14H2,1-2H3,(H,24,27). The molecule has 3 rings (SSSR count). The molecule has 0 saturated heterocycles. The summed E-state index contributed by atoms with van der Waals surface area (Å²) in [6.07, 6.45) is 3.44. The van der Waals surface area contributed by atoms with Crippen molar-refractivity contribution in [3.05, 3.63) is 58.6 Å². The zero-order chi connectivity index (χ0) is 21.5. The molecule has 0 spiro atoms. The fourth-order valence-corrected chi connectivity index (χ4v) is 3.09. The first-order valence-corrected chi connectivity index (χ1v) is 10.1. The van der Waals surface area contributed by atoms with Gasteiger partial charge in [-0.05, 0) is 42.8 Å². The van der Waals surface area contributed by atoms with Gasteiger partial charge in [0, 0.05) is 37.2 Å². The highest BCUT2D eigenvalue weighted by molar-refractivity contribution is 6.00. The molecule has 0 aliphatic rings. The van der Waals surface area contributed by atoms with Crippen LogP contribution in [0.5, 0.6) is 5.75 Å². The number of benzene rings is 2. The van der Waals surface area contributed by atoms with Gasteiger partial charge in [0.25, 0.3) is 0 Å². The molecule has 0 saturated carbocycles. The molecule has 0 aliphatic carbocycles. The van der Waals surface area contributed by atoms with Crippen LogP contribution in [0, 0.1) is 0 Å². The molecular weight excluding hydrogens is 384 g/mol. The lowest BCUT2D eigenvalue weighted by molar-refractivity contribution is -0.116. The molecule has 0 radical (unpaired) electrons. The normalized spacial score (nSPS) is 10.9. The number of nitrogens with one attached hydrogen (secondary N) is 1. The summed E-state index contributed by atoms with van der Waals surface area (Å²) in [5.74, 6) is -0.108. The zero-order valence-electron chi connectivity index (χ0n) is 17.3. The minimum absolute atomic E-state index is 0.0604. The number of ether oxygens (including phenoxy) is 1. The van der Waals surface area contributed by atoms with Crippen LogP contribution in [0.15, 0.2) is 51.7 Å². The average Bonchev–Trinajstić information content (AvgIpc) is 3.03. The Hall–Kier alpha value is -3.35. The van der Waals surface area contributed by atoms with E-state index in [1.807, 2.05) is 0 Å². The van der Waals surface area contributed by atoms with E-state index < -0.39 is 5.76 Å². The quantitative estimate of drug-likeness (QED) is 0.397. The number of hydrogen-bond acceptors (Lipinski definition) is 5. The van der Waals surface area contributed by atoms with Gasteiger partial charge in [0.2, 0.25) is 5.91 Å². The molecule has 0 atom stereocenters. The van der Waals surface area contributed by atoms with E-state index in [2.05, 4.69) is 12.2 Å². The van der Waals surface area contributed by atoms with Gasteiger partial charge in [0.15, 0.2) is 11.4 Å². The van der Waals surface area contributed by atoms with Crippen LogP contribution >= 0.6 is 0 Å². The zero-order valence-corrected chi connectivity index (χ0v) is 17.3. The Bertz CT molecular complexity index is 1080. The van der Waals surface area contributed by atoms with Gasteiger partial charge >= 0.3 is 5.76 Å². The van der Waals surface area contributed by atoms with Crippen molar-refractivity contribution in [3.63, 3.8) is 0 Å².